The standard InChI is InChI=1S/C17H16N2/c1-2-3-4-5-13-6-7-14-9-16(11-18)17(12-19)10-15(14)8-13/h6-10H,2-5H2,1H3. The van der Waals surface area contributed by atoms with Crippen LogP contribution in [-0.2, 0) is 6.42 Å². The predicted octanol–water partition coefficient (Wildman–Crippen LogP) is 4.32. The molecule has 0 amide bonds. The average molecular weight is 248 g/mol. The van der Waals surface area contributed by atoms with Crippen LogP contribution in [0.1, 0.15) is 42.9 Å². The van der Waals surface area contributed by atoms with Crippen molar-refractivity contribution in [1.82, 2.24) is 0 Å². The molecule has 94 valence electrons. The fourth-order valence-corrected chi connectivity index (χ4v) is 2.27. The van der Waals surface area contributed by atoms with E-state index in [2.05, 4.69) is 31.2 Å². The molecule has 0 unspecified atom stereocenters. The average Bonchev–Trinajstić information content (AvgIpc) is 2.46. The Morgan fingerprint density at radius 1 is 0.895 bits per heavy atom. The van der Waals surface area contributed by atoms with Crippen LogP contribution >= 0.6 is 0 Å². The van der Waals surface area contributed by atoms with Crippen molar-refractivity contribution in [2.75, 3.05) is 0 Å². The second kappa shape index (κ2) is 6.03. The Labute approximate surface area is 113 Å². The summed E-state index contributed by atoms with van der Waals surface area (Å²) in [6.07, 6.45) is 4.74. The quantitative estimate of drug-likeness (QED) is 0.757. The van der Waals surface area contributed by atoms with Crippen LogP contribution in [0.2, 0.25) is 0 Å². The monoisotopic (exact) mass is 248 g/mol. The highest BCUT2D eigenvalue weighted by atomic mass is 14.3. The highest BCUT2D eigenvalue weighted by molar-refractivity contribution is 5.86. The number of nitriles is 2. The van der Waals surface area contributed by atoms with Crippen LogP contribution in [0.15, 0.2) is 30.3 Å². The largest absolute Gasteiger partial charge is 0.192 e. The second-order valence-electron chi connectivity index (χ2n) is 4.76. The fraction of sp³-hybridized carbons (Fsp3) is 0.294. The molecule has 19 heavy (non-hydrogen) atoms. The Balaban J connectivity index is 2.38. The van der Waals surface area contributed by atoms with E-state index in [1.54, 1.807) is 6.07 Å². The normalized spacial score (nSPS) is 10.1. The molecule has 0 aliphatic rings. The molecule has 0 radical (unpaired) electrons. The Hall–Kier alpha value is -2.32. The van der Waals surface area contributed by atoms with E-state index < -0.39 is 0 Å². The molecule has 0 atom stereocenters. The maximum atomic E-state index is 9.05. The summed E-state index contributed by atoms with van der Waals surface area (Å²) in [6, 6.07) is 14.1. The van der Waals surface area contributed by atoms with Gasteiger partial charge in [0.05, 0.1) is 11.1 Å². The fourth-order valence-electron chi connectivity index (χ4n) is 2.27. The van der Waals surface area contributed by atoms with Gasteiger partial charge in [0.1, 0.15) is 12.1 Å². The first-order valence-electron chi connectivity index (χ1n) is 6.65. The van der Waals surface area contributed by atoms with Gasteiger partial charge in [-0.2, -0.15) is 10.5 Å². The molecular formula is C17H16N2. The van der Waals surface area contributed by atoms with Gasteiger partial charge in [-0.05, 0) is 41.3 Å². The Kier molecular flexibility index (Phi) is 4.16. The Bertz CT molecular complexity index is 672. The topological polar surface area (TPSA) is 47.6 Å². The first-order chi connectivity index (χ1) is 9.28. The number of hydrogen-bond donors (Lipinski definition) is 0. The lowest BCUT2D eigenvalue weighted by Crippen LogP contribution is -1.88. The number of benzene rings is 2. The summed E-state index contributed by atoms with van der Waals surface area (Å²) in [4.78, 5) is 0. The Morgan fingerprint density at radius 3 is 2.21 bits per heavy atom. The van der Waals surface area contributed by atoms with Crippen molar-refractivity contribution in [3.8, 4) is 12.1 Å². The molecule has 2 nitrogen and oxygen atoms in total. The van der Waals surface area contributed by atoms with E-state index in [0.29, 0.717) is 11.1 Å². The van der Waals surface area contributed by atoms with E-state index in [0.717, 1.165) is 17.2 Å². The lowest BCUT2D eigenvalue weighted by atomic mass is 9.98. The van der Waals surface area contributed by atoms with Gasteiger partial charge in [0.15, 0.2) is 0 Å². The molecule has 0 saturated heterocycles. The van der Waals surface area contributed by atoms with Crippen molar-refractivity contribution in [2.45, 2.75) is 32.6 Å². The number of fused-ring (bicyclic) bond motifs is 1. The first-order valence-corrected chi connectivity index (χ1v) is 6.65. The van der Waals surface area contributed by atoms with Crippen molar-refractivity contribution in [3.05, 3.63) is 47.0 Å². The van der Waals surface area contributed by atoms with Crippen LogP contribution in [0.25, 0.3) is 10.8 Å². The highest BCUT2D eigenvalue weighted by Gasteiger charge is 2.05. The smallest absolute Gasteiger partial charge is 0.101 e. The molecular weight excluding hydrogens is 232 g/mol. The molecule has 2 aromatic carbocycles. The lowest BCUT2D eigenvalue weighted by molar-refractivity contribution is 0.718. The van der Waals surface area contributed by atoms with Crippen LogP contribution in [0.3, 0.4) is 0 Å². The van der Waals surface area contributed by atoms with Gasteiger partial charge in [-0.1, -0.05) is 38.0 Å². The van der Waals surface area contributed by atoms with Crippen LogP contribution < -0.4 is 0 Å². The number of hydrogen-bond acceptors (Lipinski definition) is 2. The second-order valence-corrected chi connectivity index (χ2v) is 4.76. The number of unbranched alkanes of at least 4 members (excludes halogenated alkanes) is 2. The molecule has 0 aliphatic carbocycles. The zero-order valence-corrected chi connectivity index (χ0v) is 11.1. The third-order valence-electron chi connectivity index (χ3n) is 3.35. The minimum atomic E-state index is 0.453. The van der Waals surface area contributed by atoms with Gasteiger partial charge in [0.2, 0.25) is 0 Å². The number of rotatable bonds is 4. The summed E-state index contributed by atoms with van der Waals surface area (Å²) in [5, 5.41) is 20.1. The van der Waals surface area contributed by atoms with Crippen molar-refractivity contribution in [1.29, 1.82) is 10.5 Å². The molecule has 0 aliphatic heterocycles. The van der Waals surface area contributed by atoms with E-state index in [-0.39, 0.29) is 0 Å². The van der Waals surface area contributed by atoms with Gasteiger partial charge in [0.25, 0.3) is 0 Å². The highest BCUT2D eigenvalue weighted by Crippen LogP contribution is 2.21. The van der Waals surface area contributed by atoms with Gasteiger partial charge in [-0.15, -0.1) is 0 Å². The van der Waals surface area contributed by atoms with Crippen molar-refractivity contribution in [2.24, 2.45) is 0 Å². The minimum absolute atomic E-state index is 0.453. The van der Waals surface area contributed by atoms with E-state index in [4.69, 9.17) is 10.5 Å². The third-order valence-corrected chi connectivity index (χ3v) is 3.35. The van der Waals surface area contributed by atoms with Crippen molar-refractivity contribution >= 4 is 10.8 Å². The molecule has 2 rings (SSSR count). The van der Waals surface area contributed by atoms with Crippen LogP contribution in [0.5, 0.6) is 0 Å². The van der Waals surface area contributed by atoms with Crippen molar-refractivity contribution in [3.63, 3.8) is 0 Å². The van der Waals surface area contributed by atoms with Gasteiger partial charge in [-0.25, -0.2) is 0 Å². The molecule has 0 aromatic heterocycles. The molecule has 0 heterocycles. The van der Waals surface area contributed by atoms with Gasteiger partial charge >= 0.3 is 0 Å². The Morgan fingerprint density at radius 2 is 1.58 bits per heavy atom. The summed E-state index contributed by atoms with van der Waals surface area (Å²) < 4.78 is 0. The molecule has 2 heteroatoms. The summed E-state index contributed by atoms with van der Waals surface area (Å²) in [5.74, 6) is 0. The van der Waals surface area contributed by atoms with Gasteiger partial charge in [-0.3, -0.25) is 0 Å². The third kappa shape index (κ3) is 2.92. The number of nitrogens with zero attached hydrogens (tertiary/aromatic N) is 2. The molecule has 0 N–H and O–H groups in total. The van der Waals surface area contributed by atoms with E-state index in [9.17, 15) is 0 Å². The van der Waals surface area contributed by atoms with Crippen LogP contribution in [0, 0.1) is 22.7 Å². The van der Waals surface area contributed by atoms with E-state index in [1.807, 2.05) is 12.1 Å². The summed E-state index contributed by atoms with van der Waals surface area (Å²) in [7, 11) is 0. The zero-order valence-electron chi connectivity index (χ0n) is 11.1. The summed E-state index contributed by atoms with van der Waals surface area (Å²) in [6.45, 7) is 2.20. The van der Waals surface area contributed by atoms with Crippen molar-refractivity contribution < 1.29 is 0 Å². The molecule has 0 spiro atoms. The van der Waals surface area contributed by atoms with E-state index in [1.165, 1.54) is 24.8 Å². The molecule has 0 bridgehead atoms. The SMILES string of the molecule is CCCCCc1ccc2cc(C#N)c(C#N)cc2c1. The first kappa shape index (κ1) is 13.1. The van der Waals surface area contributed by atoms with Crippen LogP contribution in [0.4, 0.5) is 0 Å². The zero-order chi connectivity index (χ0) is 13.7. The maximum absolute atomic E-state index is 9.05. The van der Waals surface area contributed by atoms with E-state index >= 15 is 0 Å². The summed E-state index contributed by atoms with van der Waals surface area (Å²) in [5.41, 5.74) is 2.21. The van der Waals surface area contributed by atoms with Gasteiger partial charge < -0.3 is 0 Å². The predicted molar refractivity (Wildman–Crippen MR) is 76.6 cm³/mol. The lowest BCUT2D eigenvalue weighted by Gasteiger charge is -2.05. The minimum Gasteiger partial charge on any atom is -0.192 e. The summed E-state index contributed by atoms with van der Waals surface area (Å²) >= 11 is 0. The molecule has 0 saturated carbocycles. The van der Waals surface area contributed by atoms with Gasteiger partial charge in [0, 0.05) is 0 Å². The maximum Gasteiger partial charge on any atom is 0.101 e. The van der Waals surface area contributed by atoms with Crippen LogP contribution in [-0.4, -0.2) is 0 Å². The molecule has 2 aromatic rings. The molecule has 0 fully saturated rings. The number of aryl methyl sites for hydroxylation is 1.